The quantitative estimate of drug-likeness (QED) is 0.432. The lowest BCUT2D eigenvalue weighted by Gasteiger charge is -2.19. The van der Waals surface area contributed by atoms with Gasteiger partial charge in [0.05, 0.1) is 28.9 Å². The highest BCUT2D eigenvalue weighted by Gasteiger charge is 2.35. The first-order valence-electron chi connectivity index (χ1n) is 10.3. The largest absolute Gasteiger partial charge is 0.497 e. The fraction of sp³-hybridized carbons (Fsp3) is 0.200. The molecule has 1 aliphatic rings. The fourth-order valence-corrected chi connectivity index (χ4v) is 4.50. The number of anilines is 1. The molecule has 0 spiro atoms. The van der Waals surface area contributed by atoms with Gasteiger partial charge in [-0.25, -0.2) is 4.98 Å². The van der Waals surface area contributed by atoms with Gasteiger partial charge in [-0.05, 0) is 29.8 Å². The molecular formula is C25H22ClN3O2. The van der Waals surface area contributed by atoms with Crippen molar-refractivity contribution in [3.63, 3.8) is 0 Å². The minimum atomic E-state index is -0.0223. The van der Waals surface area contributed by atoms with Gasteiger partial charge in [0.1, 0.15) is 11.6 Å². The van der Waals surface area contributed by atoms with E-state index < -0.39 is 0 Å². The second-order valence-electron chi connectivity index (χ2n) is 7.75. The maximum atomic E-state index is 13.0. The first-order chi connectivity index (χ1) is 15.1. The molecule has 1 saturated heterocycles. The van der Waals surface area contributed by atoms with E-state index in [1.165, 1.54) is 5.56 Å². The summed E-state index contributed by atoms with van der Waals surface area (Å²) >= 11 is 6.42. The number of ether oxygens (including phenoxy) is 1. The summed E-state index contributed by atoms with van der Waals surface area (Å²) in [4.78, 5) is 19.7. The molecule has 1 aliphatic heterocycles. The molecule has 1 fully saturated rings. The van der Waals surface area contributed by atoms with Crippen LogP contribution in [0, 0.1) is 0 Å². The summed E-state index contributed by atoms with van der Waals surface area (Å²) in [6.07, 6.45) is 0.394. The molecule has 0 aliphatic carbocycles. The molecular weight excluding hydrogens is 410 g/mol. The van der Waals surface area contributed by atoms with Crippen LogP contribution in [0.25, 0.3) is 11.0 Å². The molecule has 31 heavy (non-hydrogen) atoms. The molecule has 5 rings (SSSR count). The first-order valence-corrected chi connectivity index (χ1v) is 10.6. The number of para-hydroxylation sites is 2. The summed E-state index contributed by atoms with van der Waals surface area (Å²) in [7, 11) is 1.60. The standard InChI is InChI=1S/C25H22ClN3O2/c1-31-19-11-12-20(26)23(14-19)28-16-18(13-24(28)30)25-27-21-9-5-6-10-22(21)29(25)15-17-7-3-2-4-8-17/h2-12,14,18H,13,15-16H2,1H3/t18-/m1/s1. The lowest BCUT2D eigenvalue weighted by molar-refractivity contribution is -0.117. The Labute approximate surface area is 185 Å². The number of hydrogen-bond donors (Lipinski definition) is 0. The van der Waals surface area contributed by atoms with E-state index >= 15 is 0 Å². The molecule has 3 aromatic carbocycles. The van der Waals surface area contributed by atoms with Gasteiger partial charge in [0, 0.05) is 31.5 Å². The van der Waals surface area contributed by atoms with Crippen molar-refractivity contribution in [2.75, 3.05) is 18.6 Å². The van der Waals surface area contributed by atoms with Crippen molar-refractivity contribution in [3.8, 4) is 5.75 Å². The Kier molecular flexibility index (Phi) is 5.12. The van der Waals surface area contributed by atoms with Gasteiger partial charge < -0.3 is 14.2 Å². The van der Waals surface area contributed by atoms with Gasteiger partial charge in [0.2, 0.25) is 5.91 Å². The van der Waals surface area contributed by atoms with E-state index in [0.29, 0.717) is 36.0 Å². The lowest BCUT2D eigenvalue weighted by atomic mass is 10.1. The van der Waals surface area contributed by atoms with Crippen molar-refractivity contribution in [1.82, 2.24) is 9.55 Å². The lowest BCUT2D eigenvalue weighted by Crippen LogP contribution is -2.25. The first kappa shape index (κ1) is 19.6. The van der Waals surface area contributed by atoms with Gasteiger partial charge in [0.25, 0.3) is 0 Å². The average molecular weight is 432 g/mol. The minimum absolute atomic E-state index is 0.0223. The topological polar surface area (TPSA) is 47.4 Å². The number of aromatic nitrogens is 2. The van der Waals surface area contributed by atoms with E-state index in [4.69, 9.17) is 21.3 Å². The van der Waals surface area contributed by atoms with Gasteiger partial charge in [-0.2, -0.15) is 0 Å². The summed E-state index contributed by atoms with van der Waals surface area (Å²) in [5, 5.41) is 0.535. The van der Waals surface area contributed by atoms with Crippen LogP contribution in [0.5, 0.6) is 5.75 Å². The normalized spacial score (nSPS) is 16.3. The molecule has 1 aromatic heterocycles. The molecule has 0 unspecified atom stereocenters. The Morgan fingerprint density at radius 1 is 1.06 bits per heavy atom. The highest BCUT2D eigenvalue weighted by molar-refractivity contribution is 6.34. The Morgan fingerprint density at radius 3 is 2.65 bits per heavy atom. The van der Waals surface area contributed by atoms with Crippen LogP contribution in [0.4, 0.5) is 5.69 Å². The minimum Gasteiger partial charge on any atom is -0.497 e. The number of benzene rings is 3. The molecule has 6 heteroatoms. The number of nitrogens with zero attached hydrogens (tertiary/aromatic N) is 3. The summed E-state index contributed by atoms with van der Waals surface area (Å²) in [5.41, 5.74) is 3.90. The summed E-state index contributed by atoms with van der Waals surface area (Å²) in [6, 6.07) is 23.8. The van der Waals surface area contributed by atoms with Crippen molar-refractivity contribution in [2.24, 2.45) is 0 Å². The maximum absolute atomic E-state index is 13.0. The van der Waals surface area contributed by atoms with E-state index in [-0.39, 0.29) is 11.8 Å². The Morgan fingerprint density at radius 2 is 1.84 bits per heavy atom. The van der Waals surface area contributed by atoms with Gasteiger partial charge in [0.15, 0.2) is 0 Å². The van der Waals surface area contributed by atoms with Gasteiger partial charge >= 0.3 is 0 Å². The number of methoxy groups -OCH3 is 1. The van der Waals surface area contributed by atoms with Crippen molar-refractivity contribution < 1.29 is 9.53 Å². The SMILES string of the molecule is COc1ccc(Cl)c(N2C[C@H](c3nc4ccccc4n3Cc3ccccc3)CC2=O)c1. The molecule has 0 bridgehead atoms. The number of rotatable bonds is 5. The van der Waals surface area contributed by atoms with Crippen LogP contribution < -0.4 is 9.64 Å². The predicted octanol–water partition coefficient (Wildman–Crippen LogP) is 5.27. The van der Waals surface area contributed by atoms with Crippen molar-refractivity contribution in [2.45, 2.75) is 18.9 Å². The van der Waals surface area contributed by atoms with Crippen molar-refractivity contribution >= 4 is 34.2 Å². The number of amides is 1. The zero-order chi connectivity index (χ0) is 21.4. The van der Waals surface area contributed by atoms with Crippen LogP contribution >= 0.6 is 11.6 Å². The molecule has 4 aromatic rings. The van der Waals surface area contributed by atoms with Crippen molar-refractivity contribution in [1.29, 1.82) is 0 Å². The van der Waals surface area contributed by atoms with E-state index in [2.05, 4.69) is 22.8 Å². The smallest absolute Gasteiger partial charge is 0.227 e. The average Bonchev–Trinajstić information content (AvgIpc) is 3.35. The monoisotopic (exact) mass is 431 g/mol. The van der Waals surface area contributed by atoms with Gasteiger partial charge in [-0.15, -0.1) is 0 Å². The third-order valence-electron chi connectivity index (χ3n) is 5.80. The molecule has 156 valence electrons. The zero-order valence-corrected chi connectivity index (χ0v) is 17.9. The Hall–Kier alpha value is -3.31. The van der Waals surface area contributed by atoms with E-state index in [1.54, 1.807) is 24.1 Å². The second-order valence-corrected chi connectivity index (χ2v) is 8.16. The van der Waals surface area contributed by atoms with Crippen LogP contribution in [0.3, 0.4) is 0 Å². The van der Waals surface area contributed by atoms with Crippen LogP contribution in [-0.2, 0) is 11.3 Å². The van der Waals surface area contributed by atoms with E-state index in [9.17, 15) is 4.79 Å². The number of imidazole rings is 1. The zero-order valence-electron chi connectivity index (χ0n) is 17.2. The highest BCUT2D eigenvalue weighted by Crippen LogP contribution is 2.38. The number of carbonyl (C=O) groups is 1. The maximum Gasteiger partial charge on any atom is 0.227 e. The van der Waals surface area contributed by atoms with E-state index in [0.717, 1.165) is 16.9 Å². The highest BCUT2D eigenvalue weighted by atomic mass is 35.5. The summed E-state index contributed by atoms with van der Waals surface area (Å²) in [5.74, 6) is 1.62. The number of hydrogen-bond acceptors (Lipinski definition) is 3. The number of halogens is 1. The summed E-state index contributed by atoms with van der Waals surface area (Å²) < 4.78 is 7.56. The third kappa shape index (κ3) is 3.66. The van der Waals surface area contributed by atoms with Crippen LogP contribution in [-0.4, -0.2) is 29.1 Å². The molecule has 1 atom stereocenters. The van der Waals surface area contributed by atoms with Crippen LogP contribution in [0.15, 0.2) is 72.8 Å². The van der Waals surface area contributed by atoms with Gasteiger partial charge in [-0.3, -0.25) is 4.79 Å². The Balaban J connectivity index is 1.53. The third-order valence-corrected chi connectivity index (χ3v) is 6.12. The van der Waals surface area contributed by atoms with E-state index in [1.807, 2.05) is 42.5 Å². The molecule has 0 N–H and O–H groups in total. The number of carbonyl (C=O) groups excluding carboxylic acids is 1. The van der Waals surface area contributed by atoms with Crippen molar-refractivity contribution in [3.05, 3.63) is 89.2 Å². The molecule has 5 nitrogen and oxygen atoms in total. The van der Waals surface area contributed by atoms with Crippen LogP contribution in [0.1, 0.15) is 23.7 Å². The second kappa shape index (κ2) is 8.08. The van der Waals surface area contributed by atoms with Crippen LogP contribution in [0.2, 0.25) is 5.02 Å². The molecule has 1 amide bonds. The van der Waals surface area contributed by atoms with Gasteiger partial charge in [-0.1, -0.05) is 54.1 Å². The Bertz CT molecular complexity index is 1250. The molecule has 2 heterocycles. The number of fused-ring (bicyclic) bond motifs is 1. The fourth-order valence-electron chi connectivity index (χ4n) is 4.28. The summed E-state index contributed by atoms with van der Waals surface area (Å²) in [6.45, 7) is 1.24. The molecule has 0 saturated carbocycles. The predicted molar refractivity (Wildman–Crippen MR) is 123 cm³/mol. The molecule has 0 radical (unpaired) electrons.